The lowest BCUT2D eigenvalue weighted by atomic mass is 9.44. The van der Waals surface area contributed by atoms with E-state index in [1.54, 1.807) is 6.92 Å². The fraction of sp³-hybridized carbons (Fsp3) is 0.720. The van der Waals surface area contributed by atoms with Crippen LogP contribution in [-0.4, -0.2) is 29.0 Å². The minimum atomic E-state index is -1.03. The van der Waals surface area contributed by atoms with Crippen molar-refractivity contribution < 1.29 is 19.1 Å². The van der Waals surface area contributed by atoms with Crippen molar-refractivity contribution in [3.63, 3.8) is 0 Å². The number of carbonyl (C=O) groups is 3. The van der Waals surface area contributed by atoms with Gasteiger partial charge >= 0.3 is 5.97 Å². The minimum absolute atomic E-state index is 0.0375. The van der Waals surface area contributed by atoms with Gasteiger partial charge in [0.1, 0.15) is 0 Å². The van der Waals surface area contributed by atoms with Crippen molar-refractivity contribution in [3.8, 4) is 0 Å². The number of hydrogen-bond donors (Lipinski definition) is 0. The van der Waals surface area contributed by atoms with Crippen molar-refractivity contribution in [1.29, 1.82) is 0 Å². The molecule has 0 bridgehead atoms. The average molecular weight is 433 g/mol. The van der Waals surface area contributed by atoms with Gasteiger partial charge < -0.3 is 4.74 Å². The number of Topliss-reactive ketones (excluding diaryl/α,β-unsaturated/α-hetero) is 1. The lowest BCUT2D eigenvalue weighted by Crippen LogP contribution is -2.59. The van der Waals surface area contributed by atoms with Crippen molar-refractivity contribution in [2.24, 2.45) is 34.5 Å². The van der Waals surface area contributed by atoms with E-state index in [4.69, 9.17) is 16.3 Å². The number of hydrogen-bond acceptors (Lipinski definition) is 4. The van der Waals surface area contributed by atoms with Crippen molar-refractivity contribution in [3.05, 3.63) is 23.8 Å². The summed E-state index contributed by atoms with van der Waals surface area (Å²) in [4.78, 5) is 37.2. The van der Waals surface area contributed by atoms with Crippen LogP contribution in [0.1, 0.15) is 66.2 Å². The molecule has 0 aromatic heterocycles. The first-order chi connectivity index (χ1) is 14.0. The largest absolute Gasteiger partial charge is 0.451 e. The second-order valence-electron chi connectivity index (χ2n) is 10.5. The van der Waals surface area contributed by atoms with E-state index in [-0.39, 0.29) is 40.2 Å². The molecule has 0 spiro atoms. The highest BCUT2D eigenvalue weighted by Crippen LogP contribution is 2.69. The molecule has 0 radical (unpaired) electrons. The van der Waals surface area contributed by atoms with Gasteiger partial charge in [-0.3, -0.25) is 14.4 Å². The number of halogens is 1. The van der Waals surface area contributed by atoms with Crippen LogP contribution < -0.4 is 0 Å². The second kappa shape index (κ2) is 7.05. The summed E-state index contributed by atoms with van der Waals surface area (Å²) in [6, 6.07) is 0. The maximum Gasteiger partial charge on any atom is 0.303 e. The van der Waals surface area contributed by atoms with Crippen molar-refractivity contribution >= 4 is 29.1 Å². The van der Waals surface area contributed by atoms with E-state index < -0.39 is 5.60 Å². The summed E-state index contributed by atoms with van der Waals surface area (Å²) in [6.45, 7) is 11.8. The highest BCUT2D eigenvalue weighted by atomic mass is 35.5. The molecule has 0 heterocycles. The molecule has 7 atom stereocenters. The Bertz CT molecular complexity index is 859. The Morgan fingerprint density at radius 2 is 1.83 bits per heavy atom. The summed E-state index contributed by atoms with van der Waals surface area (Å²) in [7, 11) is 0. The van der Waals surface area contributed by atoms with Crippen LogP contribution in [0.4, 0.5) is 0 Å². The first-order valence-electron chi connectivity index (χ1n) is 11.2. The maximum atomic E-state index is 12.9. The molecule has 1 unspecified atom stereocenters. The highest BCUT2D eigenvalue weighted by Gasteiger charge is 2.68. The quantitative estimate of drug-likeness (QED) is 0.463. The van der Waals surface area contributed by atoms with Gasteiger partial charge in [0, 0.05) is 30.1 Å². The van der Waals surface area contributed by atoms with Gasteiger partial charge in [0.25, 0.3) is 0 Å². The molecule has 0 aromatic carbocycles. The van der Waals surface area contributed by atoms with Crippen LogP contribution in [0.15, 0.2) is 23.8 Å². The summed E-state index contributed by atoms with van der Waals surface area (Å²) in [5, 5.41) is 0. The fourth-order valence-corrected chi connectivity index (χ4v) is 8.45. The van der Waals surface area contributed by atoms with Crippen LogP contribution in [0.3, 0.4) is 0 Å². The Kier molecular flexibility index (Phi) is 5.12. The molecule has 30 heavy (non-hydrogen) atoms. The molecule has 4 aliphatic carbocycles. The molecule has 5 heteroatoms. The van der Waals surface area contributed by atoms with Gasteiger partial charge in [-0.25, -0.2) is 0 Å². The van der Waals surface area contributed by atoms with Crippen LogP contribution >= 0.6 is 11.6 Å². The second-order valence-corrected chi connectivity index (χ2v) is 10.8. The molecule has 0 saturated heterocycles. The number of alkyl halides is 1. The van der Waals surface area contributed by atoms with Gasteiger partial charge in [-0.05, 0) is 74.3 Å². The summed E-state index contributed by atoms with van der Waals surface area (Å²) in [6.07, 6.45) is 6.39. The third-order valence-corrected chi connectivity index (χ3v) is 9.82. The SMILES string of the molecule is C=C1C[C@H]2[C@@H]3CC[C@](OC(C)=O)(C(C)=O)[C@@]3(C)CC[C@@H]2[C@]2(C)C1=CC(=O)CC2CCl. The Labute approximate surface area is 184 Å². The van der Waals surface area contributed by atoms with Crippen LogP contribution in [0, 0.1) is 34.5 Å². The van der Waals surface area contributed by atoms with E-state index in [9.17, 15) is 14.4 Å². The predicted octanol–water partition coefficient (Wildman–Crippen LogP) is 5.04. The highest BCUT2D eigenvalue weighted by molar-refractivity contribution is 6.18. The molecule has 0 aliphatic heterocycles. The first kappa shape index (κ1) is 21.8. The van der Waals surface area contributed by atoms with E-state index >= 15 is 0 Å². The molecule has 0 N–H and O–H groups in total. The van der Waals surface area contributed by atoms with Crippen molar-refractivity contribution in [2.45, 2.75) is 71.8 Å². The lowest BCUT2D eigenvalue weighted by Gasteiger charge is -2.61. The van der Waals surface area contributed by atoms with Gasteiger partial charge in [-0.1, -0.05) is 26.0 Å². The zero-order valence-corrected chi connectivity index (χ0v) is 19.3. The average Bonchev–Trinajstić information content (AvgIpc) is 2.96. The molecule has 4 nitrogen and oxygen atoms in total. The zero-order chi connectivity index (χ0) is 22.1. The Morgan fingerprint density at radius 3 is 2.43 bits per heavy atom. The van der Waals surface area contributed by atoms with Gasteiger partial charge in [-0.15, -0.1) is 11.6 Å². The van der Waals surface area contributed by atoms with Crippen LogP contribution in [0.25, 0.3) is 0 Å². The minimum Gasteiger partial charge on any atom is -0.451 e. The van der Waals surface area contributed by atoms with Crippen LogP contribution in [0.5, 0.6) is 0 Å². The molecule has 4 rings (SSSR count). The maximum absolute atomic E-state index is 12.9. The van der Waals surface area contributed by atoms with Gasteiger partial charge in [-0.2, -0.15) is 0 Å². The van der Waals surface area contributed by atoms with E-state index in [0.29, 0.717) is 30.6 Å². The molecule has 164 valence electrons. The van der Waals surface area contributed by atoms with Crippen molar-refractivity contribution in [1.82, 2.24) is 0 Å². The standard InChI is InChI=1S/C25H33ClO4/c1-14-10-19-20-7-9-25(15(2)27,30-16(3)28)23(20,4)8-6-21(19)24(5)17(13-26)11-18(29)12-22(14)24/h12,17,19-21H,1,6-11,13H2,2-5H3/t17?,19-,20-,21-,23-,24+,25-/m0/s1. The summed E-state index contributed by atoms with van der Waals surface area (Å²) < 4.78 is 5.84. The van der Waals surface area contributed by atoms with Gasteiger partial charge in [0.05, 0.1) is 0 Å². The van der Waals surface area contributed by atoms with E-state index in [1.807, 2.05) is 6.08 Å². The fourth-order valence-electron chi connectivity index (χ4n) is 8.02. The molecule has 4 aliphatic rings. The zero-order valence-electron chi connectivity index (χ0n) is 18.6. The number of fused-ring (bicyclic) bond motifs is 5. The first-order valence-corrected chi connectivity index (χ1v) is 11.7. The summed E-state index contributed by atoms with van der Waals surface area (Å²) in [5.41, 5.74) is 0.579. The number of ether oxygens (including phenoxy) is 1. The third-order valence-electron chi connectivity index (χ3n) is 9.44. The predicted molar refractivity (Wildman–Crippen MR) is 116 cm³/mol. The number of esters is 1. The van der Waals surface area contributed by atoms with E-state index in [0.717, 1.165) is 36.8 Å². The number of ketones is 2. The Balaban J connectivity index is 1.78. The number of allylic oxidation sites excluding steroid dienone is 2. The molecule has 3 saturated carbocycles. The molecular weight excluding hydrogens is 400 g/mol. The van der Waals surface area contributed by atoms with E-state index in [2.05, 4.69) is 20.4 Å². The summed E-state index contributed by atoms with van der Waals surface area (Å²) in [5.74, 6) is 1.33. The number of carbonyl (C=O) groups excluding carboxylic acids is 3. The van der Waals surface area contributed by atoms with Gasteiger partial charge in [0.15, 0.2) is 17.2 Å². The molecule has 0 aromatic rings. The lowest BCUT2D eigenvalue weighted by molar-refractivity contribution is -0.187. The van der Waals surface area contributed by atoms with Crippen molar-refractivity contribution in [2.75, 3.05) is 5.88 Å². The normalized spacial score (nSPS) is 45.2. The monoisotopic (exact) mass is 432 g/mol. The van der Waals surface area contributed by atoms with E-state index in [1.165, 1.54) is 6.92 Å². The van der Waals surface area contributed by atoms with Crippen LogP contribution in [0.2, 0.25) is 0 Å². The van der Waals surface area contributed by atoms with Crippen LogP contribution in [-0.2, 0) is 19.1 Å². The topological polar surface area (TPSA) is 60.4 Å². The number of rotatable bonds is 3. The molecule has 3 fully saturated rings. The smallest absolute Gasteiger partial charge is 0.303 e. The summed E-state index contributed by atoms with van der Waals surface area (Å²) >= 11 is 6.41. The molecule has 0 amide bonds. The third kappa shape index (κ3) is 2.68. The Morgan fingerprint density at radius 1 is 1.17 bits per heavy atom. The molecular formula is C25H33ClO4. The van der Waals surface area contributed by atoms with Gasteiger partial charge in [0.2, 0.25) is 0 Å². The Hall–Kier alpha value is -1.42.